The smallest absolute Gasteiger partial charge is 0.410 e. The fraction of sp³-hybridized carbons (Fsp3) is 0.611. The predicted octanol–water partition coefficient (Wildman–Crippen LogP) is 2.55. The van der Waals surface area contributed by atoms with E-state index >= 15 is 0 Å². The Balaban J connectivity index is 1.52. The van der Waals surface area contributed by atoms with E-state index in [4.69, 9.17) is 26.1 Å². The second kappa shape index (κ2) is 6.83. The standard InChI is InChI=1S/C18H24ClN5O3/c1-18(2,3)27-17(25)23-9-12(10-23)13-11-24-16(20-13)14(8-15(19)21-24)22-4-6-26-7-5-22/h8,11-12H,4-7,9-10H2,1-3H3. The Morgan fingerprint density at radius 3 is 2.67 bits per heavy atom. The number of ether oxygens (including phenoxy) is 2. The number of halogens is 1. The summed E-state index contributed by atoms with van der Waals surface area (Å²) >= 11 is 6.22. The Kier molecular flexibility index (Phi) is 4.63. The van der Waals surface area contributed by atoms with Crippen molar-refractivity contribution in [2.75, 3.05) is 44.3 Å². The van der Waals surface area contributed by atoms with Crippen LogP contribution in [0.5, 0.6) is 0 Å². The molecule has 1 amide bonds. The largest absolute Gasteiger partial charge is 0.444 e. The molecular formula is C18H24ClN5O3. The first-order valence-corrected chi connectivity index (χ1v) is 9.54. The third-order valence-corrected chi connectivity index (χ3v) is 4.88. The normalized spacial score (nSPS) is 18.7. The zero-order chi connectivity index (χ0) is 19.2. The minimum Gasteiger partial charge on any atom is -0.444 e. The highest BCUT2D eigenvalue weighted by Gasteiger charge is 2.36. The van der Waals surface area contributed by atoms with Crippen LogP contribution in [0.2, 0.25) is 5.15 Å². The molecule has 9 heteroatoms. The van der Waals surface area contributed by atoms with Crippen LogP contribution in [0.4, 0.5) is 10.5 Å². The molecule has 4 heterocycles. The van der Waals surface area contributed by atoms with Crippen molar-refractivity contribution >= 4 is 29.0 Å². The van der Waals surface area contributed by atoms with Crippen LogP contribution in [0.1, 0.15) is 32.4 Å². The summed E-state index contributed by atoms with van der Waals surface area (Å²) in [5.41, 5.74) is 2.18. The molecule has 0 radical (unpaired) electrons. The Labute approximate surface area is 163 Å². The van der Waals surface area contributed by atoms with Crippen molar-refractivity contribution in [2.24, 2.45) is 0 Å². The number of aromatic nitrogens is 3. The fourth-order valence-corrected chi connectivity index (χ4v) is 3.51. The summed E-state index contributed by atoms with van der Waals surface area (Å²) < 4.78 is 12.6. The molecular weight excluding hydrogens is 370 g/mol. The number of rotatable bonds is 2. The molecule has 2 aromatic heterocycles. The van der Waals surface area contributed by atoms with Gasteiger partial charge in [-0.15, -0.1) is 0 Å². The van der Waals surface area contributed by atoms with Gasteiger partial charge in [0.05, 0.1) is 30.8 Å². The second-order valence-electron chi connectivity index (χ2n) is 7.97. The molecule has 0 spiro atoms. The van der Waals surface area contributed by atoms with E-state index in [1.165, 1.54) is 0 Å². The van der Waals surface area contributed by atoms with E-state index in [-0.39, 0.29) is 12.0 Å². The maximum absolute atomic E-state index is 12.1. The summed E-state index contributed by atoms with van der Waals surface area (Å²) in [4.78, 5) is 20.8. The van der Waals surface area contributed by atoms with Crippen LogP contribution in [0.15, 0.2) is 12.3 Å². The van der Waals surface area contributed by atoms with Crippen molar-refractivity contribution in [3.05, 3.63) is 23.1 Å². The van der Waals surface area contributed by atoms with E-state index in [1.54, 1.807) is 9.42 Å². The summed E-state index contributed by atoms with van der Waals surface area (Å²) in [6.07, 6.45) is 1.63. The predicted molar refractivity (Wildman–Crippen MR) is 102 cm³/mol. The van der Waals surface area contributed by atoms with E-state index < -0.39 is 5.60 Å². The third-order valence-electron chi connectivity index (χ3n) is 4.70. The Hall–Kier alpha value is -2.06. The van der Waals surface area contributed by atoms with Gasteiger partial charge in [-0.05, 0) is 20.8 Å². The zero-order valence-corrected chi connectivity index (χ0v) is 16.6. The summed E-state index contributed by atoms with van der Waals surface area (Å²) in [6.45, 7) is 9.77. The van der Waals surface area contributed by atoms with Gasteiger partial charge in [-0.1, -0.05) is 11.6 Å². The first-order valence-electron chi connectivity index (χ1n) is 9.16. The number of likely N-dealkylation sites (tertiary alicyclic amines) is 1. The number of imidazole rings is 1. The molecule has 0 bridgehead atoms. The molecule has 0 aliphatic carbocycles. The molecule has 2 aliphatic rings. The van der Waals surface area contributed by atoms with Gasteiger partial charge in [-0.2, -0.15) is 5.10 Å². The monoisotopic (exact) mass is 393 g/mol. The lowest BCUT2D eigenvalue weighted by Gasteiger charge is -2.38. The van der Waals surface area contributed by atoms with E-state index in [0.717, 1.165) is 30.1 Å². The molecule has 8 nitrogen and oxygen atoms in total. The summed E-state index contributed by atoms with van der Waals surface area (Å²) in [6, 6.07) is 1.85. The average Bonchev–Trinajstić information content (AvgIpc) is 2.95. The number of hydrogen-bond acceptors (Lipinski definition) is 6. The minimum absolute atomic E-state index is 0.176. The van der Waals surface area contributed by atoms with Crippen molar-refractivity contribution in [1.29, 1.82) is 0 Å². The van der Waals surface area contributed by atoms with Crippen LogP contribution >= 0.6 is 11.6 Å². The van der Waals surface area contributed by atoms with Crippen molar-refractivity contribution < 1.29 is 14.3 Å². The highest BCUT2D eigenvalue weighted by atomic mass is 35.5. The van der Waals surface area contributed by atoms with Crippen molar-refractivity contribution in [3.8, 4) is 0 Å². The summed E-state index contributed by atoms with van der Waals surface area (Å²) in [5, 5.41) is 4.78. The van der Waals surface area contributed by atoms with Crippen molar-refractivity contribution in [1.82, 2.24) is 19.5 Å². The number of anilines is 1. The van der Waals surface area contributed by atoms with Crippen LogP contribution in [0, 0.1) is 0 Å². The molecule has 2 aliphatic heterocycles. The summed E-state index contributed by atoms with van der Waals surface area (Å²) in [7, 11) is 0. The van der Waals surface area contributed by atoms with E-state index in [2.05, 4.69) is 10.00 Å². The number of hydrogen-bond donors (Lipinski definition) is 0. The maximum atomic E-state index is 12.1. The van der Waals surface area contributed by atoms with Crippen LogP contribution in [0.3, 0.4) is 0 Å². The molecule has 27 heavy (non-hydrogen) atoms. The van der Waals surface area contributed by atoms with E-state index in [9.17, 15) is 4.79 Å². The average molecular weight is 394 g/mol. The van der Waals surface area contributed by atoms with Gasteiger partial charge in [0.1, 0.15) is 5.60 Å². The molecule has 0 aromatic carbocycles. The van der Waals surface area contributed by atoms with E-state index in [0.29, 0.717) is 31.5 Å². The van der Waals surface area contributed by atoms with Gasteiger partial charge >= 0.3 is 6.09 Å². The number of fused-ring (bicyclic) bond motifs is 1. The molecule has 0 atom stereocenters. The van der Waals surface area contributed by atoms with Crippen LogP contribution < -0.4 is 4.90 Å². The minimum atomic E-state index is -0.487. The Bertz CT molecular complexity index is 851. The first-order chi connectivity index (χ1) is 12.8. The van der Waals surface area contributed by atoms with Gasteiger partial charge in [0.2, 0.25) is 0 Å². The molecule has 2 fully saturated rings. The molecule has 146 valence electrons. The molecule has 0 N–H and O–H groups in total. The van der Waals surface area contributed by atoms with E-state index in [1.807, 2.05) is 33.0 Å². The maximum Gasteiger partial charge on any atom is 0.410 e. The van der Waals surface area contributed by atoms with Crippen LogP contribution in [-0.4, -0.2) is 70.6 Å². The molecule has 2 saturated heterocycles. The first kappa shape index (κ1) is 18.3. The van der Waals surface area contributed by atoms with Crippen LogP contribution in [-0.2, 0) is 9.47 Å². The zero-order valence-electron chi connectivity index (χ0n) is 15.8. The van der Waals surface area contributed by atoms with Crippen molar-refractivity contribution in [2.45, 2.75) is 32.3 Å². The lowest BCUT2D eigenvalue weighted by atomic mass is 9.98. The molecule has 0 unspecified atom stereocenters. The fourth-order valence-electron chi connectivity index (χ4n) is 3.32. The number of carbonyl (C=O) groups excluding carboxylic acids is 1. The molecule has 2 aromatic rings. The SMILES string of the molecule is CC(C)(C)OC(=O)N1CC(c2cn3nc(Cl)cc(N4CCOCC4)c3n2)C1. The van der Waals surface area contributed by atoms with Gasteiger partial charge in [0.25, 0.3) is 0 Å². The van der Waals surface area contributed by atoms with Crippen molar-refractivity contribution in [3.63, 3.8) is 0 Å². The van der Waals surface area contributed by atoms with Gasteiger partial charge in [0.15, 0.2) is 10.8 Å². The Morgan fingerprint density at radius 2 is 2.00 bits per heavy atom. The van der Waals surface area contributed by atoms with Gasteiger partial charge < -0.3 is 19.3 Å². The number of carbonyl (C=O) groups is 1. The second-order valence-corrected chi connectivity index (χ2v) is 8.36. The topological polar surface area (TPSA) is 72.2 Å². The van der Waals surface area contributed by atoms with Gasteiger partial charge in [-0.25, -0.2) is 14.3 Å². The highest BCUT2D eigenvalue weighted by Crippen LogP contribution is 2.31. The third kappa shape index (κ3) is 3.82. The molecule has 4 rings (SSSR count). The molecule has 0 saturated carbocycles. The highest BCUT2D eigenvalue weighted by molar-refractivity contribution is 6.29. The van der Waals surface area contributed by atoms with Gasteiger partial charge in [0, 0.05) is 38.2 Å². The quantitative estimate of drug-likeness (QED) is 0.780. The lowest BCUT2D eigenvalue weighted by molar-refractivity contribution is 0.00791. The summed E-state index contributed by atoms with van der Waals surface area (Å²) in [5.74, 6) is 0.176. The van der Waals surface area contributed by atoms with Crippen LogP contribution in [0.25, 0.3) is 5.65 Å². The lowest BCUT2D eigenvalue weighted by Crippen LogP contribution is -2.50. The number of nitrogens with zero attached hydrogens (tertiary/aromatic N) is 5. The van der Waals surface area contributed by atoms with Gasteiger partial charge in [-0.3, -0.25) is 0 Å². The number of amides is 1. The number of morpholine rings is 1. The Morgan fingerprint density at radius 1 is 1.30 bits per heavy atom.